The summed E-state index contributed by atoms with van der Waals surface area (Å²) in [7, 11) is 0. The maximum Gasteiger partial charge on any atom is 0.217 e. The molecule has 2 saturated heterocycles. The van der Waals surface area contributed by atoms with Crippen molar-refractivity contribution in [2.45, 2.75) is 261 Å². The molecule has 12 unspecified atom stereocenters. The van der Waals surface area contributed by atoms with Gasteiger partial charge in [-0.05, 0) is 12.8 Å². The van der Waals surface area contributed by atoms with Gasteiger partial charge < -0.3 is 65.1 Å². The minimum absolute atomic E-state index is 0.310. The summed E-state index contributed by atoms with van der Waals surface area (Å²) in [6.07, 6.45) is 22.5. The number of carbonyl (C=O) groups is 1. The highest BCUT2D eigenvalue weighted by Gasteiger charge is 2.50. The van der Waals surface area contributed by atoms with Crippen molar-refractivity contribution >= 4 is 5.91 Å². The molecule has 2 aliphatic heterocycles. The van der Waals surface area contributed by atoms with E-state index in [1.165, 1.54) is 161 Å². The highest BCUT2D eigenvalue weighted by molar-refractivity contribution is 5.73. The average molecular weight is 876 g/mol. The van der Waals surface area contributed by atoms with E-state index in [0.29, 0.717) is 0 Å². The van der Waals surface area contributed by atoms with E-state index in [9.17, 15) is 45.6 Å². The van der Waals surface area contributed by atoms with Crippen molar-refractivity contribution in [1.82, 2.24) is 5.32 Å². The average Bonchev–Trinajstić information content (AvgIpc) is 3.25. The van der Waals surface area contributed by atoms with Crippen LogP contribution in [0.25, 0.3) is 0 Å². The van der Waals surface area contributed by atoms with Gasteiger partial charge >= 0.3 is 0 Å². The molecule has 2 aliphatic rings. The van der Waals surface area contributed by atoms with Gasteiger partial charge in [-0.25, -0.2) is 0 Å². The zero-order valence-corrected chi connectivity index (χ0v) is 37.9. The third-order valence-corrected chi connectivity index (χ3v) is 12.3. The van der Waals surface area contributed by atoms with Crippen LogP contribution in [0.2, 0.25) is 0 Å². The minimum Gasteiger partial charge on any atom is -0.394 e. The fourth-order valence-electron chi connectivity index (χ4n) is 8.33. The first-order chi connectivity index (χ1) is 29.5. The van der Waals surface area contributed by atoms with Gasteiger partial charge in [0.15, 0.2) is 12.6 Å². The van der Waals surface area contributed by atoms with Crippen LogP contribution in [-0.2, 0) is 23.7 Å². The first-order valence-corrected chi connectivity index (χ1v) is 24.4. The number of hydrogen-bond donors (Lipinski definition) is 9. The quantitative estimate of drug-likeness (QED) is 0.0274. The number of nitrogens with one attached hydrogen (secondary N) is 1. The van der Waals surface area contributed by atoms with E-state index in [1.54, 1.807) is 6.08 Å². The van der Waals surface area contributed by atoms with Gasteiger partial charge in [-0.1, -0.05) is 180 Å². The third kappa shape index (κ3) is 23.5. The zero-order valence-electron chi connectivity index (χ0n) is 37.9. The number of unbranched alkanes of at least 4 members (excludes halogenated alkanes) is 26. The summed E-state index contributed by atoms with van der Waals surface area (Å²) >= 11 is 0. The molecule has 2 rings (SSSR count). The van der Waals surface area contributed by atoms with E-state index in [4.69, 9.17) is 18.9 Å². The lowest BCUT2D eigenvalue weighted by Gasteiger charge is -2.46. The van der Waals surface area contributed by atoms with Crippen LogP contribution in [0.15, 0.2) is 12.2 Å². The van der Waals surface area contributed by atoms with Crippen molar-refractivity contribution in [2.75, 3.05) is 19.8 Å². The summed E-state index contributed by atoms with van der Waals surface area (Å²) in [5, 5.41) is 85.0. The van der Waals surface area contributed by atoms with E-state index in [1.807, 2.05) is 6.08 Å². The van der Waals surface area contributed by atoms with Crippen molar-refractivity contribution in [3.63, 3.8) is 0 Å². The van der Waals surface area contributed by atoms with Crippen LogP contribution in [0.5, 0.6) is 0 Å². The fourth-order valence-corrected chi connectivity index (χ4v) is 8.33. The third-order valence-electron chi connectivity index (χ3n) is 12.3. The molecular weight excluding hydrogens is 787 g/mol. The van der Waals surface area contributed by atoms with Gasteiger partial charge in [-0.2, -0.15) is 0 Å². The van der Waals surface area contributed by atoms with Gasteiger partial charge in [-0.15, -0.1) is 0 Å². The molecule has 0 bridgehead atoms. The Labute approximate surface area is 367 Å². The maximum atomic E-state index is 11.9. The highest BCUT2D eigenvalue weighted by Crippen LogP contribution is 2.30. The second-order valence-electron chi connectivity index (χ2n) is 17.7. The van der Waals surface area contributed by atoms with Crippen LogP contribution in [0.3, 0.4) is 0 Å². The lowest BCUT2D eigenvalue weighted by molar-refractivity contribution is -0.359. The minimum atomic E-state index is -1.78. The Morgan fingerprint density at radius 1 is 0.574 bits per heavy atom. The summed E-state index contributed by atoms with van der Waals surface area (Å²) in [4.78, 5) is 11.9. The van der Waals surface area contributed by atoms with Crippen LogP contribution in [-0.4, -0.2) is 140 Å². The molecule has 0 aromatic rings. The number of aliphatic hydroxyl groups excluding tert-OH is 8. The molecule has 0 aliphatic carbocycles. The first kappa shape index (κ1) is 55.9. The van der Waals surface area contributed by atoms with Crippen LogP contribution in [0, 0.1) is 0 Å². The van der Waals surface area contributed by atoms with Gasteiger partial charge in [-0.3, -0.25) is 4.79 Å². The molecular formula is C47H89NO13. The molecule has 0 aromatic carbocycles. The Bertz CT molecular complexity index is 1080. The Morgan fingerprint density at radius 2 is 0.984 bits per heavy atom. The fraction of sp³-hybridized carbons (Fsp3) is 0.936. The predicted molar refractivity (Wildman–Crippen MR) is 235 cm³/mol. The van der Waals surface area contributed by atoms with E-state index < -0.39 is 92.7 Å². The maximum absolute atomic E-state index is 11.9. The summed E-state index contributed by atoms with van der Waals surface area (Å²) in [6, 6.07) is -0.911. The van der Waals surface area contributed by atoms with E-state index in [-0.39, 0.29) is 6.61 Å². The van der Waals surface area contributed by atoms with Crippen LogP contribution >= 0.6 is 0 Å². The van der Waals surface area contributed by atoms with Gasteiger partial charge in [0.25, 0.3) is 0 Å². The summed E-state index contributed by atoms with van der Waals surface area (Å²) in [5.41, 5.74) is 0. The van der Waals surface area contributed by atoms with Crippen molar-refractivity contribution in [3.8, 4) is 0 Å². The SMILES string of the molecule is CCCCCCCCCCCCCCCCCCCCCCCCCCCC/C=C/C(O)C(COC1OC(CO)C(OC2OC(CO)C(O)C(O)C2O)C(O)C1O)NC(C)=O. The smallest absolute Gasteiger partial charge is 0.217 e. The number of hydrogen-bond acceptors (Lipinski definition) is 13. The lowest BCUT2D eigenvalue weighted by atomic mass is 9.97. The van der Waals surface area contributed by atoms with Gasteiger partial charge in [0.1, 0.15) is 48.8 Å². The van der Waals surface area contributed by atoms with Crippen LogP contribution in [0.4, 0.5) is 0 Å². The van der Waals surface area contributed by atoms with Crippen molar-refractivity contribution < 1.29 is 64.6 Å². The second kappa shape index (κ2) is 35.0. The molecule has 0 aromatic heterocycles. The topological polar surface area (TPSA) is 228 Å². The Morgan fingerprint density at radius 3 is 1.41 bits per heavy atom. The zero-order chi connectivity index (χ0) is 44.7. The molecule has 0 saturated carbocycles. The molecule has 14 heteroatoms. The van der Waals surface area contributed by atoms with E-state index in [2.05, 4.69) is 12.2 Å². The second-order valence-corrected chi connectivity index (χ2v) is 17.7. The Kier molecular flexibility index (Phi) is 32.1. The van der Waals surface area contributed by atoms with Crippen LogP contribution < -0.4 is 5.32 Å². The van der Waals surface area contributed by atoms with E-state index in [0.717, 1.165) is 19.3 Å². The number of amides is 1. The first-order valence-electron chi connectivity index (χ1n) is 24.4. The number of allylic oxidation sites excluding steroid dienone is 1. The molecule has 9 N–H and O–H groups in total. The Hall–Kier alpha value is -1.27. The van der Waals surface area contributed by atoms with E-state index >= 15 is 0 Å². The standard InChI is InChI=1S/C47H89NO13/c1-3-4-5-6-7-8-9-10-11-12-13-14-15-16-17-18-19-20-21-22-23-24-25-26-27-28-29-30-31-37(52)36(48-35(2)51)34-58-46-44(57)42(55)45(39(33-50)60-46)61-47-43(56)41(54)40(53)38(32-49)59-47/h30-31,36-47,49-50,52-57H,3-29,32-34H2,1-2H3,(H,48,51)/b31-30+. The predicted octanol–water partition coefficient (Wildman–Crippen LogP) is 5.60. The molecule has 14 nitrogen and oxygen atoms in total. The number of ether oxygens (including phenoxy) is 4. The molecule has 1 amide bonds. The van der Waals surface area contributed by atoms with Crippen molar-refractivity contribution in [1.29, 1.82) is 0 Å². The largest absolute Gasteiger partial charge is 0.394 e. The van der Waals surface area contributed by atoms with Gasteiger partial charge in [0, 0.05) is 6.92 Å². The molecule has 0 radical (unpaired) electrons. The monoisotopic (exact) mass is 876 g/mol. The van der Waals surface area contributed by atoms with Gasteiger partial charge in [0.05, 0.1) is 32.0 Å². The van der Waals surface area contributed by atoms with Gasteiger partial charge in [0.2, 0.25) is 5.91 Å². The van der Waals surface area contributed by atoms with Crippen molar-refractivity contribution in [3.05, 3.63) is 12.2 Å². The highest BCUT2D eigenvalue weighted by atomic mass is 16.7. The molecule has 2 fully saturated rings. The number of aliphatic hydroxyl groups is 8. The summed E-state index contributed by atoms with van der Waals surface area (Å²) in [6.45, 7) is 1.85. The van der Waals surface area contributed by atoms with Crippen LogP contribution in [0.1, 0.15) is 187 Å². The molecule has 0 spiro atoms. The number of carbonyl (C=O) groups excluding carboxylic acids is 1. The molecule has 61 heavy (non-hydrogen) atoms. The number of rotatable bonds is 37. The summed E-state index contributed by atoms with van der Waals surface area (Å²) < 4.78 is 22.2. The molecule has 360 valence electrons. The summed E-state index contributed by atoms with van der Waals surface area (Å²) in [5.74, 6) is -0.414. The van der Waals surface area contributed by atoms with Crippen molar-refractivity contribution in [2.24, 2.45) is 0 Å². The molecule has 2 heterocycles. The molecule has 12 atom stereocenters. The Balaban J connectivity index is 1.51. The normalized spacial score (nSPS) is 28.0. The lowest BCUT2D eigenvalue weighted by Crippen LogP contribution is -2.65.